The molecule has 2 saturated heterocycles. The summed E-state index contributed by atoms with van der Waals surface area (Å²) in [5.41, 5.74) is 6.94. The van der Waals surface area contributed by atoms with Gasteiger partial charge in [-0.1, -0.05) is 13.8 Å². The number of piperidine rings is 2. The van der Waals surface area contributed by atoms with E-state index in [-0.39, 0.29) is 48.6 Å². The van der Waals surface area contributed by atoms with E-state index in [1.54, 1.807) is 21.9 Å². The van der Waals surface area contributed by atoms with Crippen LogP contribution in [0.4, 0.5) is 5.69 Å². The van der Waals surface area contributed by atoms with Gasteiger partial charge < -0.3 is 25.8 Å². The molecule has 0 aromatic heterocycles. The number of likely N-dealkylation sites (tertiary alicyclic amines) is 2. The summed E-state index contributed by atoms with van der Waals surface area (Å²) in [7, 11) is 3.85. The van der Waals surface area contributed by atoms with E-state index in [9.17, 15) is 19.2 Å². The number of amides is 3. The van der Waals surface area contributed by atoms with Crippen LogP contribution >= 0.6 is 0 Å². The van der Waals surface area contributed by atoms with Crippen molar-refractivity contribution in [2.24, 2.45) is 11.7 Å². The Morgan fingerprint density at radius 2 is 1.82 bits per heavy atom. The zero-order chi connectivity index (χ0) is 24.3. The Hall–Kier alpha value is -2.94. The molecule has 0 spiro atoms. The van der Waals surface area contributed by atoms with Gasteiger partial charge in [-0.15, -0.1) is 0 Å². The quantitative estimate of drug-likeness (QED) is 0.620. The number of fused-ring (bicyclic) bond motifs is 2. The van der Waals surface area contributed by atoms with E-state index in [0.717, 1.165) is 5.69 Å². The van der Waals surface area contributed by atoms with E-state index in [2.05, 4.69) is 5.32 Å². The summed E-state index contributed by atoms with van der Waals surface area (Å²) in [5, 5.41) is 2.90. The van der Waals surface area contributed by atoms with Crippen molar-refractivity contribution in [3.63, 3.8) is 0 Å². The predicted octanol–water partition coefficient (Wildman–Crippen LogP) is 0.627. The Morgan fingerprint density at radius 1 is 1.15 bits per heavy atom. The number of hydrogen-bond acceptors (Lipinski definition) is 6. The van der Waals surface area contributed by atoms with Crippen LogP contribution in [0.2, 0.25) is 0 Å². The summed E-state index contributed by atoms with van der Waals surface area (Å²) in [6, 6.07) is 5.81. The molecule has 1 aromatic carbocycles. The molecule has 3 rings (SSSR count). The van der Waals surface area contributed by atoms with Gasteiger partial charge in [-0.3, -0.25) is 19.2 Å². The van der Waals surface area contributed by atoms with Crippen LogP contribution in [0.3, 0.4) is 0 Å². The maximum Gasteiger partial charge on any atom is 0.251 e. The van der Waals surface area contributed by atoms with Gasteiger partial charge in [-0.2, -0.15) is 0 Å². The molecule has 0 radical (unpaired) electrons. The van der Waals surface area contributed by atoms with E-state index < -0.39 is 12.1 Å². The van der Waals surface area contributed by atoms with E-state index in [0.29, 0.717) is 31.4 Å². The normalized spacial score (nSPS) is 21.1. The molecule has 3 N–H and O–H groups in total. The number of nitrogens with one attached hydrogen (secondary N) is 1. The minimum atomic E-state index is -0.723. The molecular weight excluding hydrogens is 422 g/mol. The van der Waals surface area contributed by atoms with Crippen LogP contribution in [0.25, 0.3) is 0 Å². The summed E-state index contributed by atoms with van der Waals surface area (Å²) >= 11 is 0. The second-order valence-electron chi connectivity index (χ2n) is 9.51. The lowest BCUT2D eigenvalue weighted by atomic mass is 9.87. The van der Waals surface area contributed by atoms with Crippen LogP contribution in [0.5, 0.6) is 0 Å². The molecule has 3 atom stereocenters. The van der Waals surface area contributed by atoms with Gasteiger partial charge in [-0.05, 0) is 49.4 Å². The largest absolute Gasteiger partial charge is 0.378 e. The number of nitrogens with two attached hydrogens (primary N) is 1. The fourth-order valence-electron chi connectivity index (χ4n) is 4.66. The third kappa shape index (κ3) is 5.52. The zero-order valence-corrected chi connectivity index (χ0v) is 19.9. The van der Waals surface area contributed by atoms with Crippen molar-refractivity contribution in [2.75, 3.05) is 38.6 Å². The Balaban J connectivity index is 1.73. The average Bonchev–Trinajstić information content (AvgIpc) is 2.79. The Labute approximate surface area is 195 Å². The first-order valence-corrected chi connectivity index (χ1v) is 11.5. The van der Waals surface area contributed by atoms with Crippen molar-refractivity contribution in [2.45, 2.75) is 51.2 Å². The van der Waals surface area contributed by atoms with E-state index in [4.69, 9.17) is 5.73 Å². The van der Waals surface area contributed by atoms with Crippen molar-refractivity contribution < 1.29 is 19.2 Å². The van der Waals surface area contributed by atoms with Crippen LogP contribution in [0.15, 0.2) is 24.3 Å². The fraction of sp³-hybridized carbons (Fsp3) is 0.583. The molecule has 0 aliphatic carbocycles. The lowest BCUT2D eigenvalue weighted by Gasteiger charge is -2.48. The molecule has 3 amide bonds. The molecule has 9 nitrogen and oxygen atoms in total. The number of anilines is 1. The first-order valence-electron chi connectivity index (χ1n) is 11.5. The summed E-state index contributed by atoms with van der Waals surface area (Å²) in [4.78, 5) is 56.4. The maximum atomic E-state index is 13.5. The van der Waals surface area contributed by atoms with Gasteiger partial charge >= 0.3 is 0 Å². The number of carbonyl (C=O) groups excluding carboxylic acids is 4. The smallest absolute Gasteiger partial charge is 0.251 e. The molecule has 2 fully saturated rings. The Bertz CT molecular complexity index is 899. The molecule has 33 heavy (non-hydrogen) atoms. The SMILES string of the molecule is CC(C)CC(NC(=O)c1ccc(N(C)C)cc1)C(=O)N1CC[C@@H]2CC1C(=O)CN2C(=O)CN. The Morgan fingerprint density at radius 3 is 2.39 bits per heavy atom. The summed E-state index contributed by atoms with van der Waals surface area (Å²) < 4.78 is 0. The number of Topliss-reactive ketones (excluding diaryl/α,β-unsaturated/α-hetero) is 1. The van der Waals surface area contributed by atoms with Crippen molar-refractivity contribution in [3.8, 4) is 0 Å². The third-order valence-electron chi connectivity index (χ3n) is 6.45. The number of rotatable bonds is 7. The average molecular weight is 458 g/mol. The number of ketones is 1. The van der Waals surface area contributed by atoms with Crippen LogP contribution in [-0.2, 0) is 14.4 Å². The predicted molar refractivity (Wildman–Crippen MR) is 126 cm³/mol. The van der Waals surface area contributed by atoms with Crippen molar-refractivity contribution >= 4 is 29.2 Å². The lowest BCUT2D eigenvalue weighted by molar-refractivity contribution is -0.153. The van der Waals surface area contributed by atoms with Gasteiger partial charge in [0, 0.05) is 37.9 Å². The molecule has 0 saturated carbocycles. The first kappa shape index (κ1) is 24.7. The van der Waals surface area contributed by atoms with Crippen LogP contribution in [-0.4, -0.2) is 85.2 Å². The topological polar surface area (TPSA) is 116 Å². The molecule has 2 aliphatic rings. The molecule has 2 heterocycles. The number of carbonyl (C=O) groups is 4. The zero-order valence-electron chi connectivity index (χ0n) is 19.9. The van der Waals surface area contributed by atoms with E-state index in [1.165, 1.54) is 0 Å². The van der Waals surface area contributed by atoms with Crippen molar-refractivity contribution in [3.05, 3.63) is 29.8 Å². The van der Waals surface area contributed by atoms with Gasteiger partial charge in [0.2, 0.25) is 11.8 Å². The highest BCUT2D eigenvalue weighted by Crippen LogP contribution is 2.29. The highest BCUT2D eigenvalue weighted by Gasteiger charge is 2.45. The second-order valence-corrected chi connectivity index (χ2v) is 9.51. The highest BCUT2D eigenvalue weighted by molar-refractivity contribution is 5.99. The molecular formula is C24H35N5O4. The molecule has 2 bridgehead atoms. The number of benzene rings is 1. The molecule has 2 aliphatic heterocycles. The number of nitrogens with zero attached hydrogens (tertiary/aromatic N) is 3. The first-order chi connectivity index (χ1) is 15.6. The standard InChI is InChI=1S/C24H35N5O4/c1-15(2)11-19(26-23(32)16-5-7-17(8-6-16)27(3)4)24(33)28-10-9-18-12-20(28)21(30)14-29(18)22(31)13-25/h5-8,15,18-20H,9-14,25H2,1-4H3,(H,26,32)/t18-,19?,20?/m1/s1. The fourth-order valence-corrected chi connectivity index (χ4v) is 4.66. The Kier molecular flexibility index (Phi) is 7.73. The van der Waals surface area contributed by atoms with Gasteiger partial charge in [0.25, 0.3) is 5.91 Å². The van der Waals surface area contributed by atoms with E-state index in [1.807, 2.05) is 45.0 Å². The van der Waals surface area contributed by atoms with Gasteiger partial charge in [0.1, 0.15) is 6.04 Å². The summed E-state index contributed by atoms with van der Waals surface area (Å²) in [6.07, 6.45) is 1.49. The van der Waals surface area contributed by atoms with Crippen LogP contribution in [0, 0.1) is 5.92 Å². The van der Waals surface area contributed by atoms with Crippen molar-refractivity contribution in [1.82, 2.24) is 15.1 Å². The molecule has 1 aromatic rings. The van der Waals surface area contributed by atoms with Gasteiger partial charge in [-0.25, -0.2) is 0 Å². The van der Waals surface area contributed by atoms with Gasteiger partial charge in [0.15, 0.2) is 5.78 Å². The third-order valence-corrected chi connectivity index (χ3v) is 6.45. The summed E-state index contributed by atoms with van der Waals surface area (Å²) in [5.74, 6) is -0.777. The minimum Gasteiger partial charge on any atom is -0.378 e. The highest BCUT2D eigenvalue weighted by atomic mass is 16.2. The van der Waals surface area contributed by atoms with Gasteiger partial charge in [0.05, 0.1) is 19.1 Å². The minimum absolute atomic E-state index is 0.0193. The molecule has 180 valence electrons. The summed E-state index contributed by atoms with van der Waals surface area (Å²) in [6.45, 7) is 4.21. The molecule has 2 unspecified atom stereocenters. The number of hydrogen-bond donors (Lipinski definition) is 2. The monoisotopic (exact) mass is 457 g/mol. The maximum absolute atomic E-state index is 13.5. The van der Waals surface area contributed by atoms with Crippen molar-refractivity contribution in [1.29, 1.82) is 0 Å². The van der Waals surface area contributed by atoms with Crippen LogP contribution < -0.4 is 16.0 Å². The van der Waals surface area contributed by atoms with Crippen LogP contribution in [0.1, 0.15) is 43.5 Å². The second kappa shape index (κ2) is 10.3. The lowest BCUT2D eigenvalue weighted by Crippen LogP contribution is -2.65. The van der Waals surface area contributed by atoms with E-state index >= 15 is 0 Å². The molecule has 9 heteroatoms.